The number of aryl methyl sites for hydroxylation is 1. The highest BCUT2D eigenvalue weighted by Crippen LogP contribution is 2.32. The molecule has 0 amide bonds. The van der Waals surface area contributed by atoms with Crippen molar-refractivity contribution in [2.45, 2.75) is 38.0 Å². The number of nitrogens with zero attached hydrogens (tertiary/aromatic N) is 1. The molecule has 0 saturated carbocycles. The minimum absolute atomic E-state index is 0. The van der Waals surface area contributed by atoms with Gasteiger partial charge in [0.2, 0.25) is 5.88 Å². The minimum Gasteiger partial charge on any atom is -0.474 e. The van der Waals surface area contributed by atoms with E-state index in [0.717, 1.165) is 12.8 Å². The number of pyridine rings is 1. The molecule has 1 aromatic carbocycles. The summed E-state index contributed by atoms with van der Waals surface area (Å²) in [5.41, 5.74) is 8.26. The van der Waals surface area contributed by atoms with Gasteiger partial charge in [0, 0.05) is 30.2 Å². The molecule has 1 saturated heterocycles. The second-order valence-electron chi connectivity index (χ2n) is 6.40. The van der Waals surface area contributed by atoms with Gasteiger partial charge >= 0.3 is 0 Å². The summed E-state index contributed by atoms with van der Waals surface area (Å²) in [7, 11) is 0. The number of halogens is 3. The summed E-state index contributed by atoms with van der Waals surface area (Å²) in [6, 6.07) is 8.02. The molecule has 2 aromatic rings. The Hall–Kier alpha value is -1.08. The highest BCUT2D eigenvalue weighted by Gasteiger charge is 2.23. The first-order chi connectivity index (χ1) is 12.5. The van der Waals surface area contributed by atoms with Gasteiger partial charge in [-0.2, -0.15) is 0 Å². The van der Waals surface area contributed by atoms with Gasteiger partial charge in [-0.15, -0.1) is 12.4 Å². The number of rotatable bonds is 5. The van der Waals surface area contributed by atoms with E-state index in [1.54, 1.807) is 30.3 Å². The number of hydrogen-bond donors (Lipinski definition) is 2. The van der Waals surface area contributed by atoms with E-state index < -0.39 is 12.1 Å². The third kappa shape index (κ3) is 5.47. The Morgan fingerprint density at radius 3 is 2.52 bits per heavy atom. The molecule has 1 aliphatic rings. The highest BCUT2D eigenvalue weighted by molar-refractivity contribution is 6.42. The summed E-state index contributed by atoms with van der Waals surface area (Å²) in [5, 5.41) is 11.6. The summed E-state index contributed by atoms with van der Waals surface area (Å²) in [5.74, 6) is 0.549. The molecular weight excluding hydrogens is 411 g/mol. The lowest BCUT2D eigenvalue weighted by atomic mass is 9.96. The van der Waals surface area contributed by atoms with Gasteiger partial charge in [0.05, 0.1) is 35.4 Å². The van der Waals surface area contributed by atoms with E-state index in [4.69, 9.17) is 38.4 Å². The van der Waals surface area contributed by atoms with E-state index in [2.05, 4.69) is 4.98 Å². The quantitative estimate of drug-likeness (QED) is 0.730. The lowest BCUT2D eigenvalue weighted by Gasteiger charge is -2.24. The van der Waals surface area contributed by atoms with Crippen molar-refractivity contribution in [3.05, 3.63) is 57.2 Å². The topological polar surface area (TPSA) is 77.6 Å². The third-order valence-corrected chi connectivity index (χ3v) is 5.28. The van der Waals surface area contributed by atoms with E-state index in [9.17, 15) is 5.11 Å². The van der Waals surface area contributed by atoms with Gasteiger partial charge in [-0.3, -0.25) is 0 Å². The van der Waals surface area contributed by atoms with Crippen molar-refractivity contribution < 1.29 is 14.6 Å². The molecule has 3 rings (SSSR count). The van der Waals surface area contributed by atoms with E-state index in [0.29, 0.717) is 46.0 Å². The van der Waals surface area contributed by atoms with Crippen LogP contribution in [0.15, 0.2) is 30.3 Å². The van der Waals surface area contributed by atoms with Gasteiger partial charge in [0.1, 0.15) is 6.10 Å². The van der Waals surface area contributed by atoms with Crippen molar-refractivity contribution >= 4 is 35.6 Å². The summed E-state index contributed by atoms with van der Waals surface area (Å²) < 4.78 is 11.2. The molecule has 0 unspecified atom stereocenters. The lowest BCUT2D eigenvalue weighted by Crippen LogP contribution is -2.26. The Morgan fingerprint density at radius 1 is 1.19 bits per heavy atom. The first-order valence-corrected chi connectivity index (χ1v) is 9.32. The van der Waals surface area contributed by atoms with Crippen LogP contribution in [0.4, 0.5) is 0 Å². The van der Waals surface area contributed by atoms with Crippen LogP contribution in [-0.4, -0.2) is 29.4 Å². The van der Waals surface area contributed by atoms with Crippen LogP contribution in [0.2, 0.25) is 10.0 Å². The summed E-state index contributed by atoms with van der Waals surface area (Å²) >= 11 is 12.0. The third-order valence-electron chi connectivity index (χ3n) is 4.54. The zero-order valence-corrected chi connectivity index (χ0v) is 17.2. The van der Waals surface area contributed by atoms with E-state index in [-0.39, 0.29) is 18.5 Å². The smallest absolute Gasteiger partial charge is 0.213 e. The molecule has 0 bridgehead atoms. The molecule has 0 aliphatic carbocycles. The normalized spacial score (nSPS) is 17.1. The molecule has 1 aromatic heterocycles. The van der Waals surface area contributed by atoms with Crippen LogP contribution in [0.25, 0.3) is 0 Å². The second-order valence-corrected chi connectivity index (χ2v) is 7.21. The predicted octanol–water partition coefficient (Wildman–Crippen LogP) is 4.41. The number of aliphatic hydroxyl groups excluding tert-OH is 1. The predicted molar refractivity (Wildman–Crippen MR) is 109 cm³/mol. The standard InChI is InChI=1S/C19H22Cl2N2O3.ClH/c1-11-14(3-5-17(23-11)26-13-6-8-25-9-7-13)19(24)18(22)12-2-4-15(20)16(21)10-12;/h2-5,10,13,18-19,24H,6-9,22H2,1H3;1H/t18-,19+;/m0./s1. The molecule has 5 nitrogen and oxygen atoms in total. The molecule has 0 radical (unpaired) electrons. The van der Waals surface area contributed by atoms with Gasteiger partial charge in [0.15, 0.2) is 0 Å². The maximum Gasteiger partial charge on any atom is 0.213 e. The van der Waals surface area contributed by atoms with E-state index in [1.807, 2.05) is 6.92 Å². The van der Waals surface area contributed by atoms with Crippen LogP contribution in [0.3, 0.4) is 0 Å². The van der Waals surface area contributed by atoms with Crippen LogP contribution >= 0.6 is 35.6 Å². The molecule has 1 fully saturated rings. The van der Waals surface area contributed by atoms with Crippen LogP contribution in [0.5, 0.6) is 5.88 Å². The molecule has 27 heavy (non-hydrogen) atoms. The largest absolute Gasteiger partial charge is 0.474 e. The minimum atomic E-state index is -0.920. The van der Waals surface area contributed by atoms with Gasteiger partial charge in [-0.05, 0) is 30.7 Å². The van der Waals surface area contributed by atoms with Crippen molar-refractivity contribution in [3.8, 4) is 5.88 Å². The maximum absolute atomic E-state index is 10.7. The van der Waals surface area contributed by atoms with E-state index in [1.165, 1.54) is 0 Å². The molecular formula is C19H23Cl3N2O3. The monoisotopic (exact) mass is 432 g/mol. The lowest BCUT2D eigenvalue weighted by molar-refractivity contribution is 0.0236. The Bertz CT molecular complexity index is 770. The van der Waals surface area contributed by atoms with Gasteiger partial charge < -0.3 is 20.3 Å². The fourth-order valence-corrected chi connectivity index (χ4v) is 3.29. The molecule has 2 heterocycles. The van der Waals surface area contributed by atoms with Gasteiger partial charge in [-0.25, -0.2) is 4.98 Å². The number of aliphatic hydroxyl groups is 1. The van der Waals surface area contributed by atoms with Gasteiger partial charge in [0.25, 0.3) is 0 Å². The fourth-order valence-electron chi connectivity index (χ4n) is 2.99. The number of nitrogens with two attached hydrogens (primary N) is 1. The number of ether oxygens (including phenoxy) is 2. The SMILES string of the molecule is Cc1nc(OC2CCOCC2)ccc1[C@@H](O)[C@@H](N)c1ccc(Cl)c(Cl)c1.Cl. The van der Waals surface area contributed by atoms with Crippen LogP contribution in [0.1, 0.15) is 41.8 Å². The summed E-state index contributed by atoms with van der Waals surface area (Å²) in [4.78, 5) is 4.47. The van der Waals surface area contributed by atoms with Crippen molar-refractivity contribution in [1.82, 2.24) is 4.98 Å². The Labute approximate surface area is 175 Å². The number of aromatic nitrogens is 1. The van der Waals surface area contributed by atoms with Crippen molar-refractivity contribution in [3.63, 3.8) is 0 Å². The van der Waals surface area contributed by atoms with Crippen LogP contribution in [0, 0.1) is 6.92 Å². The van der Waals surface area contributed by atoms with E-state index >= 15 is 0 Å². The molecule has 8 heteroatoms. The molecule has 3 N–H and O–H groups in total. The fraction of sp³-hybridized carbons (Fsp3) is 0.421. The van der Waals surface area contributed by atoms with Gasteiger partial charge in [-0.1, -0.05) is 29.3 Å². The summed E-state index contributed by atoms with van der Waals surface area (Å²) in [6.45, 7) is 3.24. The molecule has 0 spiro atoms. The first-order valence-electron chi connectivity index (χ1n) is 8.56. The Balaban J connectivity index is 0.00000261. The molecule has 1 aliphatic heterocycles. The van der Waals surface area contributed by atoms with Crippen molar-refractivity contribution in [1.29, 1.82) is 0 Å². The highest BCUT2D eigenvalue weighted by atomic mass is 35.5. The van der Waals surface area contributed by atoms with Crippen LogP contribution in [-0.2, 0) is 4.74 Å². The maximum atomic E-state index is 10.7. The average molecular weight is 434 g/mol. The Kier molecular flexibility index (Phi) is 8.16. The first kappa shape index (κ1) is 22.2. The Morgan fingerprint density at radius 2 is 1.89 bits per heavy atom. The number of hydrogen-bond acceptors (Lipinski definition) is 5. The molecule has 2 atom stereocenters. The molecule has 148 valence electrons. The second kappa shape index (κ2) is 9.92. The zero-order chi connectivity index (χ0) is 18.7. The zero-order valence-electron chi connectivity index (χ0n) is 14.9. The van der Waals surface area contributed by atoms with Crippen molar-refractivity contribution in [2.24, 2.45) is 5.73 Å². The summed E-state index contributed by atoms with van der Waals surface area (Å²) in [6.07, 6.45) is 0.905. The van der Waals surface area contributed by atoms with Crippen LogP contribution < -0.4 is 10.5 Å². The van der Waals surface area contributed by atoms with Crippen molar-refractivity contribution in [2.75, 3.05) is 13.2 Å². The number of benzene rings is 1. The average Bonchev–Trinajstić information content (AvgIpc) is 2.64.